The molecule has 0 aromatic rings. The van der Waals surface area contributed by atoms with Gasteiger partial charge in [-0.2, -0.15) is 0 Å². The predicted molar refractivity (Wildman–Crippen MR) is 49.1 cm³/mol. The number of rotatable bonds is 5. The van der Waals surface area contributed by atoms with E-state index in [2.05, 4.69) is 6.58 Å². The van der Waals surface area contributed by atoms with Crippen molar-refractivity contribution in [1.29, 1.82) is 0 Å². The van der Waals surface area contributed by atoms with E-state index in [9.17, 15) is 14.4 Å². The average molecular weight is 199 g/mol. The van der Waals surface area contributed by atoms with Crippen LogP contribution in [0.4, 0.5) is 0 Å². The number of ether oxygens (including phenoxy) is 1. The molecule has 0 aliphatic carbocycles. The van der Waals surface area contributed by atoms with E-state index in [1.54, 1.807) is 0 Å². The van der Waals surface area contributed by atoms with Gasteiger partial charge in [0, 0.05) is 6.08 Å². The first-order valence-electron chi connectivity index (χ1n) is 4.03. The number of nitrogens with two attached hydrogens (primary N) is 1. The standard InChI is InChI=1S/C9H13NO4/c1-4-7(12)14-6(3)8(5(2)11)9(10)13/h4,6,8H,1H2,2-3H3,(H2,10,13). The third-order valence-corrected chi connectivity index (χ3v) is 1.68. The molecule has 0 spiro atoms. The van der Waals surface area contributed by atoms with E-state index >= 15 is 0 Å². The summed E-state index contributed by atoms with van der Waals surface area (Å²) in [7, 11) is 0. The number of amides is 1. The van der Waals surface area contributed by atoms with Gasteiger partial charge in [-0.05, 0) is 13.8 Å². The molecule has 0 radical (unpaired) electrons. The number of carbonyl (C=O) groups excluding carboxylic acids is 3. The SMILES string of the molecule is C=CC(=O)OC(C)C(C(C)=O)C(N)=O. The molecule has 14 heavy (non-hydrogen) atoms. The van der Waals surface area contributed by atoms with Gasteiger partial charge in [-0.25, -0.2) is 4.79 Å². The van der Waals surface area contributed by atoms with Crippen molar-refractivity contribution in [3.05, 3.63) is 12.7 Å². The molecule has 2 N–H and O–H groups in total. The zero-order chi connectivity index (χ0) is 11.3. The molecule has 5 nitrogen and oxygen atoms in total. The van der Waals surface area contributed by atoms with Crippen molar-refractivity contribution in [2.24, 2.45) is 11.7 Å². The lowest BCUT2D eigenvalue weighted by molar-refractivity contribution is -0.149. The Labute approximate surface area is 81.9 Å². The van der Waals surface area contributed by atoms with Gasteiger partial charge < -0.3 is 10.5 Å². The molecule has 5 heteroatoms. The van der Waals surface area contributed by atoms with Gasteiger partial charge in [0.25, 0.3) is 0 Å². The van der Waals surface area contributed by atoms with Crippen LogP contribution in [-0.2, 0) is 19.1 Å². The van der Waals surface area contributed by atoms with Gasteiger partial charge in [0.2, 0.25) is 5.91 Å². The molecule has 0 rings (SSSR count). The molecule has 0 saturated carbocycles. The third kappa shape index (κ3) is 3.38. The topological polar surface area (TPSA) is 86.5 Å². The third-order valence-electron chi connectivity index (χ3n) is 1.68. The highest BCUT2D eigenvalue weighted by Crippen LogP contribution is 2.09. The minimum Gasteiger partial charge on any atom is -0.458 e. The van der Waals surface area contributed by atoms with E-state index in [1.165, 1.54) is 13.8 Å². The van der Waals surface area contributed by atoms with Gasteiger partial charge in [0.1, 0.15) is 17.8 Å². The van der Waals surface area contributed by atoms with Crippen LogP contribution in [0.15, 0.2) is 12.7 Å². The van der Waals surface area contributed by atoms with Crippen LogP contribution in [-0.4, -0.2) is 23.8 Å². The number of hydrogen-bond acceptors (Lipinski definition) is 4. The fraction of sp³-hybridized carbons (Fsp3) is 0.444. The minimum atomic E-state index is -1.10. The molecule has 1 amide bonds. The van der Waals surface area contributed by atoms with Crippen molar-refractivity contribution in [2.45, 2.75) is 20.0 Å². The summed E-state index contributed by atoms with van der Waals surface area (Å²) in [5.41, 5.74) is 4.98. The van der Waals surface area contributed by atoms with E-state index < -0.39 is 29.7 Å². The van der Waals surface area contributed by atoms with Crippen LogP contribution in [0.2, 0.25) is 0 Å². The maximum absolute atomic E-state index is 11.0. The van der Waals surface area contributed by atoms with Crippen molar-refractivity contribution >= 4 is 17.7 Å². The zero-order valence-electron chi connectivity index (χ0n) is 8.15. The van der Waals surface area contributed by atoms with Gasteiger partial charge in [0.05, 0.1) is 0 Å². The molecule has 0 saturated heterocycles. The van der Waals surface area contributed by atoms with Gasteiger partial charge >= 0.3 is 5.97 Å². The first kappa shape index (κ1) is 12.3. The predicted octanol–water partition coefficient (Wildman–Crippen LogP) is -0.205. The number of carbonyl (C=O) groups is 3. The van der Waals surface area contributed by atoms with Gasteiger partial charge in [-0.15, -0.1) is 0 Å². The molecule has 2 unspecified atom stereocenters. The largest absolute Gasteiger partial charge is 0.458 e. The lowest BCUT2D eigenvalue weighted by Gasteiger charge is -2.17. The van der Waals surface area contributed by atoms with E-state index in [0.717, 1.165) is 6.08 Å². The summed E-state index contributed by atoms with van der Waals surface area (Å²) in [6.45, 7) is 5.83. The molecular weight excluding hydrogens is 186 g/mol. The Balaban J connectivity index is 4.52. The summed E-state index contributed by atoms with van der Waals surface area (Å²) in [4.78, 5) is 32.6. The number of ketones is 1. The van der Waals surface area contributed by atoms with Crippen LogP contribution in [0.5, 0.6) is 0 Å². The number of primary amides is 1. The smallest absolute Gasteiger partial charge is 0.330 e. The van der Waals surface area contributed by atoms with Gasteiger partial charge in [-0.3, -0.25) is 9.59 Å². The lowest BCUT2D eigenvalue weighted by Crippen LogP contribution is -2.39. The fourth-order valence-electron chi connectivity index (χ4n) is 1.06. The van der Waals surface area contributed by atoms with Crippen molar-refractivity contribution in [2.75, 3.05) is 0 Å². The normalized spacial score (nSPS) is 13.9. The molecule has 0 aliphatic rings. The Bertz CT molecular complexity index is 258. The first-order valence-corrected chi connectivity index (χ1v) is 4.03. The Morgan fingerprint density at radius 1 is 1.43 bits per heavy atom. The maximum atomic E-state index is 11.0. The van der Waals surface area contributed by atoms with Crippen molar-refractivity contribution in [3.8, 4) is 0 Å². The van der Waals surface area contributed by atoms with Crippen LogP contribution in [0.25, 0.3) is 0 Å². The van der Waals surface area contributed by atoms with Crippen molar-refractivity contribution in [1.82, 2.24) is 0 Å². The van der Waals surface area contributed by atoms with E-state index in [1.807, 2.05) is 0 Å². The second-order valence-corrected chi connectivity index (χ2v) is 2.84. The van der Waals surface area contributed by atoms with Crippen molar-refractivity contribution in [3.63, 3.8) is 0 Å². The number of hydrogen-bond donors (Lipinski definition) is 1. The highest BCUT2D eigenvalue weighted by atomic mass is 16.5. The van der Waals surface area contributed by atoms with Crippen LogP contribution in [0, 0.1) is 5.92 Å². The molecule has 0 aromatic carbocycles. The lowest BCUT2D eigenvalue weighted by atomic mass is 9.99. The van der Waals surface area contributed by atoms with Crippen LogP contribution in [0.3, 0.4) is 0 Å². The molecule has 0 fully saturated rings. The molecule has 0 heterocycles. The molecule has 78 valence electrons. The summed E-state index contributed by atoms with van der Waals surface area (Å²) in [6, 6.07) is 0. The van der Waals surface area contributed by atoms with Gasteiger partial charge in [0.15, 0.2) is 0 Å². The Morgan fingerprint density at radius 3 is 2.21 bits per heavy atom. The molecule has 0 aliphatic heterocycles. The summed E-state index contributed by atoms with van der Waals surface area (Å²) < 4.78 is 4.71. The van der Waals surface area contributed by atoms with Crippen LogP contribution >= 0.6 is 0 Å². The summed E-state index contributed by atoms with van der Waals surface area (Å²) in [5.74, 6) is -3.02. The van der Waals surface area contributed by atoms with Gasteiger partial charge in [-0.1, -0.05) is 6.58 Å². The first-order chi connectivity index (χ1) is 6.40. The van der Waals surface area contributed by atoms with E-state index in [4.69, 9.17) is 10.5 Å². The Hall–Kier alpha value is -1.65. The van der Waals surface area contributed by atoms with Crippen LogP contribution < -0.4 is 5.73 Å². The highest BCUT2D eigenvalue weighted by molar-refractivity contribution is 6.00. The second kappa shape index (κ2) is 5.16. The quantitative estimate of drug-likeness (QED) is 0.377. The minimum absolute atomic E-state index is 0.429. The number of Topliss-reactive ketones (excluding diaryl/α,β-unsaturated/α-hetero) is 1. The second-order valence-electron chi connectivity index (χ2n) is 2.84. The zero-order valence-corrected chi connectivity index (χ0v) is 8.15. The Morgan fingerprint density at radius 2 is 1.93 bits per heavy atom. The highest BCUT2D eigenvalue weighted by Gasteiger charge is 2.29. The van der Waals surface area contributed by atoms with E-state index in [-0.39, 0.29) is 0 Å². The Kier molecular flexibility index (Phi) is 4.55. The van der Waals surface area contributed by atoms with E-state index in [0.29, 0.717) is 0 Å². The average Bonchev–Trinajstić information content (AvgIpc) is 2.02. The van der Waals surface area contributed by atoms with Crippen molar-refractivity contribution < 1.29 is 19.1 Å². The maximum Gasteiger partial charge on any atom is 0.330 e. The molecule has 2 atom stereocenters. The van der Waals surface area contributed by atoms with Crippen LogP contribution in [0.1, 0.15) is 13.8 Å². The molecule has 0 bridgehead atoms. The monoisotopic (exact) mass is 199 g/mol. The summed E-state index contributed by atoms with van der Waals surface area (Å²) in [5, 5.41) is 0. The number of esters is 1. The fourth-order valence-corrected chi connectivity index (χ4v) is 1.06. The summed E-state index contributed by atoms with van der Waals surface area (Å²) in [6.07, 6.45) is 0.0878. The summed E-state index contributed by atoms with van der Waals surface area (Å²) >= 11 is 0. The molecule has 0 aromatic heterocycles. The molecular formula is C9H13NO4.